The molecule has 0 radical (unpaired) electrons. The fourth-order valence-corrected chi connectivity index (χ4v) is 9.42. The number of aliphatic hydroxyl groups is 4. The van der Waals surface area contributed by atoms with Crippen LogP contribution in [0.5, 0.6) is 0 Å². The van der Waals surface area contributed by atoms with Gasteiger partial charge in [0.1, 0.15) is 17.8 Å². The van der Waals surface area contributed by atoms with Gasteiger partial charge in [0.15, 0.2) is 12.6 Å². The fourth-order valence-electron chi connectivity index (χ4n) is 9.42. The Bertz CT molecular complexity index is 1120. The highest BCUT2D eigenvalue weighted by Gasteiger charge is 2.64. The minimum atomic E-state index is -2.18. The SMILES string of the molecule is CC[C@H]1O[C@]2(O)O[C@H]([C@@H](C)C3OC(C)(C[C@@H]3C)[C@H](O[C@@H]3OC(C)CC(N)C3O)[C@@H](C)[C@H](O[C@H]3CC(C)(OC)[C@@H](O)C(C)O3)[C@H]2C)[C@]1(C)O. The molecule has 5 saturated heterocycles. The molecule has 13 heteroatoms. The lowest BCUT2D eigenvalue weighted by Gasteiger charge is -2.55. The number of methoxy groups -OCH3 is 1. The number of rotatable bonds is 6. The van der Waals surface area contributed by atoms with E-state index in [1.807, 2.05) is 41.5 Å². The molecule has 6 N–H and O–H groups in total. The smallest absolute Gasteiger partial charge is 0.286 e. The summed E-state index contributed by atoms with van der Waals surface area (Å²) in [6.45, 7) is 18.9. The van der Waals surface area contributed by atoms with Crippen LogP contribution in [0.4, 0.5) is 0 Å². The molecular formula is C35H63NO12. The Kier molecular flexibility index (Phi) is 11.1. The van der Waals surface area contributed by atoms with Crippen LogP contribution >= 0.6 is 0 Å². The molecule has 13 nitrogen and oxygen atoms in total. The van der Waals surface area contributed by atoms with Crippen molar-refractivity contribution in [3.8, 4) is 0 Å². The fraction of sp³-hybridized carbons (Fsp3) is 1.00. The van der Waals surface area contributed by atoms with E-state index in [9.17, 15) is 20.4 Å². The minimum Gasteiger partial charge on any atom is -0.387 e. The Morgan fingerprint density at radius 3 is 2.17 bits per heavy atom. The Morgan fingerprint density at radius 1 is 0.875 bits per heavy atom. The highest BCUT2D eigenvalue weighted by Crippen LogP contribution is 2.52. The Morgan fingerprint density at radius 2 is 1.54 bits per heavy atom. The molecule has 0 aromatic rings. The third-order valence-corrected chi connectivity index (χ3v) is 12.3. The lowest BCUT2D eigenvalue weighted by Crippen LogP contribution is -2.69. The van der Waals surface area contributed by atoms with Crippen molar-refractivity contribution in [3.63, 3.8) is 0 Å². The van der Waals surface area contributed by atoms with Crippen LogP contribution in [0, 0.1) is 23.7 Å². The number of nitrogens with two attached hydrogens (primary N) is 1. The molecule has 5 heterocycles. The van der Waals surface area contributed by atoms with Crippen molar-refractivity contribution in [1.29, 1.82) is 0 Å². The van der Waals surface area contributed by atoms with Gasteiger partial charge in [-0.2, -0.15) is 0 Å². The lowest BCUT2D eigenvalue weighted by molar-refractivity contribution is -0.481. The average molecular weight is 690 g/mol. The van der Waals surface area contributed by atoms with Crippen LogP contribution in [-0.2, 0) is 37.9 Å². The number of aliphatic hydroxyl groups excluding tert-OH is 2. The first-order chi connectivity index (χ1) is 22.2. The van der Waals surface area contributed by atoms with Crippen LogP contribution in [0.25, 0.3) is 0 Å². The Balaban J connectivity index is 1.62. The van der Waals surface area contributed by atoms with E-state index in [1.54, 1.807) is 27.9 Å². The standard InChI is InChI=1S/C35H63NO12/c1-12-23-34(10,39)30-18(4)26-16(2)14-33(9,47-26)29(45-31-25(37)22(36)13-17(3)42-31)19(5)27(20(6)35(40,46-23)48-30)44-24-15-32(8,41-11)28(38)21(7)43-24/h16-31,37-40H,12-15,36H2,1-11H3/t16-,17?,18-,19-,20+,21?,22?,23+,24-,25?,26?,27-,28-,29+,30+,31-,32?,33?,34+,35-/m0/s1. The molecule has 0 spiro atoms. The predicted molar refractivity (Wildman–Crippen MR) is 173 cm³/mol. The summed E-state index contributed by atoms with van der Waals surface area (Å²) in [5, 5.41) is 46.4. The molecule has 5 aliphatic rings. The van der Waals surface area contributed by atoms with E-state index in [0.717, 1.165) is 0 Å². The van der Waals surface area contributed by atoms with Gasteiger partial charge in [-0.1, -0.05) is 34.6 Å². The first-order valence-corrected chi connectivity index (χ1v) is 18.0. The summed E-state index contributed by atoms with van der Waals surface area (Å²) in [6, 6.07) is -0.544. The highest BCUT2D eigenvalue weighted by atomic mass is 16.8. The summed E-state index contributed by atoms with van der Waals surface area (Å²) in [4.78, 5) is 0. The average Bonchev–Trinajstić information content (AvgIpc) is 3.33. The molecule has 280 valence electrons. The summed E-state index contributed by atoms with van der Waals surface area (Å²) < 4.78 is 51.6. The summed E-state index contributed by atoms with van der Waals surface area (Å²) in [7, 11) is 1.54. The van der Waals surface area contributed by atoms with E-state index in [4.69, 9.17) is 43.6 Å². The number of fused-ring (bicyclic) bond motifs is 4. The molecule has 5 fully saturated rings. The summed E-state index contributed by atoms with van der Waals surface area (Å²) in [6.07, 6.45) is -6.63. The molecule has 7 unspecified atom stereocenters. The van der Waals surface area contributed by atoms with Crippen LogP contribution in [0.3, 0.4) is 0 Å². The van der Waals surface area contributed by atoms with Gasteiger partial charge in [0.2, 0.25) is 0 Å². The number of hydrogen-bond donors (Lipinski definition) is 5. The third-order valence-electron chi connectivity index (χ3n) is 12.3. The van der Waals surface area contributed by atoms with E-state index in [0.29, 0.717) is 19.3 Å². The summed E-state index contributed by atoms with van der Waals surface area (Å²) in [5.41, 5.74) is 3.01. The molecule has 20 atom stereocenters. The minimum absolute atomic E-state index is 0.0136. The van der Waals surface area contributed by atoms with Gasteiger partial charge in [0, 0.05) is 31.4 Å². The van der Waals surface area contributed by atoms with E-state index < -0.39 is 96.0 Å². The Hall–Kier alpha value is -0.520. The second-order valence-electron chi connectivity index (χ2n) is 16.3. The van der Waals surface area contributed by atoms with Crippen molar-refractivity contribution >= 4 is 0 Å². The lowest BCUT2D eigenvalue weighted by atomic mass is 9.74. The van der Waals surface area contributed by atoms with Crippen molar-refractivity contribution in [3.05, 3.63) is 0 Å². The quantitative estimate of drug-likeness (QED) is 0.274. The van der Waals surface area contributed by atoms with Gasteiger partial charge in [-0.3, -0.25) is 0 Å². The van der Waals surface area contributed by atoms with Gasteiger partial charge >= 0.3 is 0 Å². The van der Waals surface area contributed by atoms with Crippen LogP contribution in [-0.4, -0.2) is 124 Å². The molecule has 0 aliphatic carbocycles. The van der Waals surface area contributed by atoms with Gasteiger partial charge in [0.05, 0.1) is 59.8 Å². The maximum Gasteiger partial charge on any atom is 0.286 e. The highest BCUT2D eigenvalue weighted by molar-refractivity contribution is 5.07. The molecular weight excluding hydrogens is 626 g/mol. The van der Waals surface area contributed by atoms with Gasteiger partial charge < -0.3 is 64.1 Å². The summed E-state index contributed by atoms with van der Waals surface area (Å²) in [5.74, 6) is -3.95. The van der Waals surface area contributed by atoms with E-state index >= 15 is 0 Å². The van der Waals surface area contributed by atoms with Gasteiger partial charge in [-0.15, -0.1) is 0 Å². The molecule has 0 aromatic carbocycles. The Labute approximate surface area is 286 Å². The second kappa shape index (κ2) is 13.8. The third kappa shape index (κ3) is 6.75. The second-order valence-corrected chi connectivity index (χ2v) is 16.3. The van der Waals surface area contributed by atoms with Crippen LogP contribution in [0.2, 0.25) is 0 Å². The first kappa shape index (κ1) is 38.7. The van der Waals surface area contributed by atoms with Gasteiger partial charge in [-0.25, -0.2) is 0 Å². The normalized spacial score (nSPS) is 58.0. The van der Waals surface area contributed by atoms with Crippen molar-refractivity contribution in [2.24, 2.45) is 29.4 Å². The molecule has 0 aromatic heterocycles. The monoisotopic (exact) mass is 689 g/mol. The molecule has 5 rings (SSSR count). The topological polar surface area (TPSA) is 181 Å². The predicted octanol–water partition coefficient (Wildman–Crippen LogP) is 2.18. The number of ether oxygens (including phenoxy) is 8. The molecule has 48 heavy (non-hydrogen) atoms. The van der Waals surface area contributed by atoms with Gasteiger partial charge in [0.25, 0.3) is 5.97 Å². The maximum atomic E-state index is 12.4. The number of hydrogen-bond acceptors (Lipinski definition) is 13. The zero-order valence-corrected chi connectivity index (χ0v) is 30.7. The molecule has 4 bridgehead atoms. The molecule has 0 saturated carbocycles. The largest absolute Gasteiger partial charge is 0.387 e. The maximum absolute atomic E-state index is 12.4. The molecule has 0 amide bonds. The molecule has 5 aliphatic heterocycles. The zero-order valence-electron chi connectivity index (χ0n) is 30.7. The van der Waals surface area contributed by atoms with Crippen molar-refractivity contribution < 1.29 is 58.3 Å². The first-order valence-electron chi connectivity index (χ1n) is 18.0. The van der Waals surface area contributed by atoms with Crippen molar-refractivity contribution in [1.82, 2.24) is 0 Å². The van der Waals surface area contributed by atoms with Gasteiger partial charge in [-0.05, 0) is 59.8 Å². The summed E-state index contributed by atoms with van der Waals surface area (Å²) >= 11 is 0. The van der Waals surface area contributed by atoms with Crippen LogP contribution in [0.1, 0.15) is 94.9 Å². The van der Waals surface area contributed by atoms with Crippen molar-refractivity contribution in [2.45, 2.75) is 191 Å². The van der Waals surface area contributed by atoms with Crippen LogP contribution in [0.15, 0.2) is 0 Å². The zero-order chi connectivity index (χ0) is 35.7. The van der Waals surface area contributed by atoms with Crippen molar-refractivity contribution in [2.75, 3.05) is 7.11 Å². The van der Waals surface area contributed by atoms with Crippen LogP contribution < -0.4 is 5.73 Å². The van der Waals surface area contributed by atoms with E-state index in [1.165, 1.54) is 0 Å². The van der Waals surface area contributed by atoms with E-state index in [2.05, 4.69) is 6.92 Å². The van der Waals surface area contributed by atoms with E-state index in [-0.39, 0.29) is 30.5 Å².